The molecule has 25 heavy (non-hydrogen) atoms. The molecular formula is C17H21F3N2O3. The van der Waals surface area contributed by atoms with E-state index in [1.807, 2.05) is 23.1 Å². The first-order valence-corrected chi connectivity index (χ1v) is 8.28. The number of alkyl halides is 3. The Balaban J connectivity index is 1.67. The monoisotopic (exact) mass is 358 g/mol. The van der Waals surface area contributed by atoms with Gasteiger partial charge >= 0.3 is 6.18 Å². The number of ether oxygens (including phenoxy) is 2. The smallest absolute Gasteiger partial charge is 0.406 e. The maximum Gasteiger partial charge on any atom is 0.406 e. The van der Waals surface area contributed by atoms with Gasteiger partial charge in [-0.15, -0.1) is 0 Å². The Morgan fingerprint density at radius 3 is 2.72 bits per heavy atom. The van der Waals surface area contributed by atoms with Gasteiger partial charge < -0.3 is 14.4 Å². The van der Waals surface area contributed by atoms with Crippen LogP contribution >= 0.6 is 0 Å². The summed E-state index contributed by atoms with van der Waals surface area (Å²) in [6.45, 7) is 0.443. The van der Waals surface area contributed by atoms with Crippen molar-refractivity contribution in [3.05, 3.63) is 23.8 Å². The molecule has 8 heteroatoms. The Kier molecular flexibility index (Phi) is 5.08. The summed E-state index contributed by atoms with van der Waals surface area (Å²) in [7, 11) is 1.19. The second-order valence-corrected chi connectivity index (χ2v) is 6.40. The predicted octanol–water partition coefficient (Wildman–Crippen LogP) is 2.62. The molecule has 1 aromatic carbocycles. The highest BCUT2D eigenvalue weighted by Crippen LogP contribution is 2.38. The molecule has 0 saturated carbocycles. The summed E-state index contributed by atoms with van der Waals surface area (Å²) in [4.78, 5) is 14.8. The molecule has 0 radical (unpaired) electrons. The number of likely N-dealkylation sites (N-methyl/N-ethyl adjacent to an activating group) is 1. The first-order chi connectivity index (χ1) is 11.8. The number of amides is 1. The summed E-state index contributed by atoms with van der Waals surface area (Å²) < 4.78 is 48.4. The van der Waals surface area contributed by atoms with Gasteiger partial charge in [-0.3, -0.25) is 9.69 Å². The maximum atomic E-state index is 12.4. The molecule has 2 aliphatic rings. The zero-order valence-electron chi connectivity index (χ0n) is 14.0. The van der Waals surface area contributed by atoms with Gasteiger partial charge in [-0.25, -0.2) is 0 Å². The molecule has 0 spiro atoms. The van der Waals surface area contributed by atoms with Crippen molar-refractivity contribution < 1.29 is 27.4 Å². The minimum atomic E-state index is -4.38. The fourth-order valence-electron chi connectivity index (χ4n) is 3.31. The topological polar surface area (TPSA) is 42.0 Å². The van der Waals surface area contributed by atoms with Crippen molar-refractivity contribution in [3.8, 4) is 11.5 Å². The van der Waals surface area contributed by atoms with Gasteiger partial charge in [0, 0.05) is 13.1 Å². The van der Waals surface area contributed by atoms with Gasteiger partial charge in [-0.05, 0) is 37.1 Å². The van der Waals surface area contributed by atoms with Gasteiger partial charge in [0.25, 0.3) is 0 Å². The van der Waals surface area contributed by atoms with E-state index < -0.39 is 18.6 Å². The largest absolute Gasteiger partial charge is 0.486 e. The third-order valence-corrected chi connectivity index (χ3v) is 4.50. The van der Waals surface area contributed by atoms with Crippen molar-refractivity contribution in [1.82, 2.24) is 9.80 Å². The molecule has 1 saturated heterocycles. The van der Waals surface area contributed by atoms with Gasteiger partial charge in [0.1, 0.15) is 19.8 Å². The van der Waals surface area contributed by atoms with Crippen LogP contribution in [-0.4, -0.2) is 61.8 Å². The van der Waals surface area contributed by atoms with Crippen LogP contribution in [0.3, 0.4) is 0 Å². The van der Waals surface area contributed by atoms with Crippen molar-refractivity contribution in [2.75, 3.05) is 39.9 Å². The zero-order valence-corrected chi connectivity index (χ0v) is 14.0. The van der Waals surface area contributed by atoms with Crippen molar-refractivity contribution in [2.24, 2.45) is 0 Å². The highest BCUT2D eigenvalue weighted by molar-refractivity contribution is 5.78. The van der Waals surface area contributed by atoms with Crippen molar-refractivity contribution >= 4 is 5.91 Å². The number of nitrogens with zero attached hydrogens (tertiary/aromatic N) is 2. The number of benzene rings is 1. The van der Waals surface area contributed by atoms with E-state index >= 15 is 0 Å². The lowest BCUT2D eigenvalue weighted by Crippen LogP contribution is -2.42. The van der Waals surface area contributed by atoms with Crippen LogP contribution in [0.5, 0.6) is 11.5 Å². The highest BCUT2D eigenvalue weighted by atomic mass is 19.4. The van der Waals surface area contributed by atoms with Gasteiger partial charge in [0.05, 0.1) is 6.54 Å². The number of carbonyl (C=O) groups excluding carboxylic acids is 1. The van der Waals surface area contributed by atoms with E-state index in [9.17, 15) is 18.0 Å². The van der Waals surface area contributed by atoms with E-state index in [1.165, 1.54) is 7.05 Å². The minimum absolute atomic E-state index is 0.000867. The molecule has 3 rings (SSSR count). The summed E-state index contributed by atoms with van der Waals surface area (Å²) in [6, 6.07) is 5.68. The molecule has 1 fully saturated rings. The lowest BCUT2D eigenvalue weighted by molar-refractivity contribution is -0.159. The van der Waals surface area contributed by atoms with Gasteiger partial charge in [-0.2, -0.15) is 13.2 Å². The van der Waals surface area contributed by atoms with Crippen LogP contribution in [0.15, 0.2) is 18.2 Å². The van der Waals surface area contributed by atoms with Crippen molar-refractivity contribution in [1.29, 1.82) is 0 Å². The third kappa shape index (κ3) is 4.36. The molecule has 2 heterocycles. The molecule has 1 aromatic rings. The second-order valence-electron chi connectivity index (χ2n) is 6.40. The number of fused-ring (bicyclic) bond motifs is 1. The molecule has 0 bridgehead atoms. The van der Waals surface area contributed by atoms with Crippen LogP contribution in [0.25, 0.3) is 0 Å². The molecule has 0 aromatic heterocycles. The van der Waals surface area contributed by atoms with Crippen LogP contribution < -0.4 is 9.47 Å². The van der Waals surface area contributed by atoms with Crippen LogP contribution in [0.2, 0.25) is 0 Å². The number of rotatable bonds is 4. The summed E-state index contributed by atoms with van der Waals surface area (Å²) in [5.74, 6) is 0.846. The lowest BCUT2D eigenvalue weighted by atomic mass is 10.0. The van der Waals surface area contributed by atoms with E-state index in [2.05, 4.69) is 0 Å². The molecule has 2 aliphatic heterocycles. The normalized spacial score (nSPS) is 20.6. The number of hydrogen-bond acceptors (Lipinski definition) is 4. The summed E-state index contributed by atoms with van der Waals surface area (Å²) in [6.07, 6.45) is -2.63. The molecular weight excluding hydrogens is 337 g/mol. The first-order valence-electron chi connectivity index (χ1n) is 8.28. The lowest BCUT2D eigenvalue weighted by Gasteiger charge is -2.28. The number of likely N-dealkylation sites (tertiary alicyclic amines) is 1. The van der Waals surface area contributed by atoms with Crippen LogP contribution in [-0.2, 0) is 4.79 Å². The SMILES string of the molecule is CN(CC(F)(F)F)C(=O)CN1CCCC1c1ccc2c(c1)OCCO2. The Morgan fingerprint density at radius 1 is 1.28 bits per heavy atom. The van der Waals surface area contributed by atoms with Crippen molar-refractivity contribution in [3.63, 3.8) is 0 Å². The van der Waals surface area contributed by atoms with E-state index in [0.29, 0.717) is 31.3 Å². The minimum Gasteiger partial charge on any atom is -0.486 e. The highest BCUT2D eigenvalue weighted by Gasteiger charge is 2.34. The Hall–Kier alpha value is -1.96. The van der Waals surface area contributed by atoms with Crippen LogP contribution in [0.1, 0.15) is 24.4 Å². The molecule has 0 N–H and O–H groups in total. The number of hydrogen-bond donors (Lipinski definition) is 0. The van der Waals surface area contributed by atoms with Crippen LogP contribution in [0, 0.1) is 0 Å². The number of carbonyl (C=O) groups is 1. The Bertz CT molecular complexity index is 636. The molecule has 0 aliphatic carbocycles. The Labute approximate surface area is 144 Å². The zero-order chi connectivity index (χ0) is 18.0. The predicted molar refractivity (Wildman–Crippen MR) is 84.7 cm³/mol. The van der Waals surface area contributed by atoms with E-state index in [0.717, 1.165) is 23.3 Å². The van der Waals surface area contributed by atoms with E-state index in [1.54, 1.807) is 0 Å². The van der Waals surface area contributed by atoms with Gasteiger partial charge in [0.2, 0.25) is 5.91 Å². The Morgan fingerprint density at radius 2 is 2.00 bits per heavy atom. The molecule has 1 amide bonds. The van der Waals surface area contributed by atoms with Crippen LogP contribution in [0.4, 0.5) is 13.2 Å². The maximum absolute atomic E-state index is 12.4. The van der Waals surface area contributed by atoms with Gasteiger partial charge in [-0.1, -0.05) is 6.07 Å². The fraction of sp³-hybridized carbons (Fsp3) is 0.588. The van der Waals surface area contributed by atoms with E-state index in [-0.39, 0.29) is 12.6 Å². The molecule has 138 valence electrons. The standard InChI is InChI=1S/C17H21F3N2O3/c1-21(11-17(18,19)20)16(23)10-22-6-2-3-13(22)12-4-5-14-15(9-12)25-8-7-24-14/h4-5,9,13H,2-3,6-8,10-11H2,1H3. The molecule has 1 unspecified atom stereocenters. The third-order valence-electron chi connectivity index (χ3n) is 4.50. The average Bonchev–Trinajstić information content (AvgIpc) is 3.01. The van der Waals surface area contributed by atoms with Crippen molar-refractivity contribution in [2.45, 2.75) is 25.1 Å². The average molecular weight is 358 g/mol. The summed E-state index contributed by atoms with van der Waals surface area (Å²) in [5.41, 5.74) is 0.994. The number of halogens is 3. The second kappa shape index (κ2) is 7.11. The first kappa shape index (κ1) is 17.8. The molecule has 1 atom stereocenters. The summed E-state index contributed by atoms with van der Waals surface area (Å²) >= 11 is 0. The summed E-state index contributed by atoms with van der Waals surface area (Å²) in [5, 5.41) is 0. The fourth-order valence-corrected chi connectivity index (χ4v) is 3.31. The molecule has 5 nitrogen and oxygen atoms in total. The van der Waals surface area contributed by atoms with Gasteiger partial charge in [0.15, 0.2) is 11.5 Å². The van der Waals surface area contributed by atoms with E-state index in [4.69, 9.17) is 9.47 Å². The quantitative estimate of drug-likeness (QED) is 0.830.